The number of nitrogens with zero attached hydrogens (tertiary/aromatic N) is 3. The molecule has 3 aromatic rings. The van der Waals surface area contributed by atoms with Crippen molar-refractivity contribution in [2.45, 2.75) is 31.2 Å². The van der Waals surface area contributed by atoms with Gasteiger partial charge in [0.2, 0.25) is 15.9 Å². The van der Waals surface area contributed by atoms with E-state index in [0.29, 0.717) is 29.4 Å². The molecular weight excluding hydrogens is 464 g/mol. The largest absolute Gasteiger partial charge is 0.311 e. The average molecular weight is 489 g/mol. The van der Waals surface area contributed by atoms with Crippen molar-refractivity contribution < 1.29 is 18.0 Å². The highest BCUT2D eigenvalue weighted by Crippen LogP contribution is 2.17. The first kappa shape index (κ1) is 24.6. The fraction of sp³-hybridized carbons (Fsp3) is 0.261. The maximum Gasteiger partial charge on any atom is 0.242 e. The minimum atomic E-state index is -3.71. The summed E-state index contributed by atoms with van der Waals surface area (Å²) in [6.07, 6.45) is 2.09. The minimum absolute atomic E-state index is 0.102. The lowest BCUT2D eigenvalue weighted by Gasteiger charge is -2.17. The molecule has 0 saturated heterocycles. The van der Waals surface area contributed by atoms with Crippen molar-refractivity contribution in [3.05, 3.63) is 76.9 Å². The number of Topliss-reactive ketones (excluding diaryl/α,β-unsaturated/α-hetero) is 1. The Morgan fingerprint density at radius 1 is 1.06 bits per heavy atom. The van der Waals surface area contributed by atoms with Crippen LogP contribution in [0.1, 0.15) is 35.7 Å². The molecule has 0 aliphatic heterocycles. The summed E-state index contributed by atoms with van der Waals surface area (Å²) in [5.74, 6) is 0.193. The molecule has 0 fully saturated rings. The van der Waals surface area contributed by atoms with Crippen molar-refractivity contribution in [3.63, 3.8) is 0 Å². The van der Waals surface area contributed by atoms with Gasteiger partial charge in [0, 0.05) is 36.7 Å². The summed E-state index contributed by atoms with van der Waals surface area (Å²) in [5, 5.41) is 7.70. The van der Waals surface area contributed by atoms with Gasteiger partial charge >= 0.3 is 0 Å². The zero-order chi connectivity index (χ0) is 24.0. The molecule has 0 unspecified atom stereocenters. The molecule has 1 heterocycles. The fourth-order valence-corrected chi connectivity index (χ4v) is 4.49. The number of anilines is 1. The second-order valence-corrected chi connectivity index (χ2v) is 10.0. The van der Waals surface area contributed by atoms with Gasteiger partial charge in [-0.25, -0.2) is 17.4 Å². The summed E-state index contributed by atoms with van der Waals surface area (Å²) in [6.45, 7) is 2.07. The number of sulfonamides is 1. The smallest absolute Gasteiger partial charge is 0.242 e. The van der Waals surface area contributed by atoms with Crippen LogP contribution in [0.4, 0.5) is 5.82 Å². The number of hydrogen-bond acceptors (Lipinski definition) is 5. The van der Waals surface area contributed by atoms with Crippen LogP contribution >= 0.6 is 11.6 Å². The molecule has 3 rings (SSSR count). The van der Waals surface area contributed by atoms with Crippen LogP contribution in [-0.2, 0) is 21.4 Å². The van der Waals surface area contributed by atoms with E-state index in [-0.39, 0.29) is 29.6 Å². The molecule has 10 heteroatoms. The third-order valence-electron chi connectivity index (χ3n) is 5.08. The standard InChI is InChI=1S/C23H25ClN4O4S/c1-17(29)19-7-11-21(12-8-19)33(31,32)27(2)15-3-4-23(30)26-22-13-14-25-28(22)16-18-5-9-20(24)10-6-18/h5-14H,3-4,15-16H2,1-2H3,(H,26,30). The second kappa shape index (κ2) is 10.7. The van der Waals surface area contributed by atoms with E-state index >= 15 is 0 Å². The molecule has 0 spiro atoms. The van der Waals surface area contributed by atoms with Gasteiger partial charge in [0.05, 0.1) is 17.6 Å². The summed E-state index contributed by atoms with van der Waals surface area (Å²) < 4.78 is 28.3. The van der Waals surface area contributed by atoms with E-state index in [1.807, 2.05) is 12.1 Å². The Labute approximate surface area is 198 Å². The van der Waals surface area contributed by atoms with Gasteiger partial charge in [0.15, 0.2) is 5.78 Å². The molecular formula is C23H25ClN4O4S. The van der Waals surface area contributed by atoms with Gasteiger partial charge in [-0.15, -0.1) is 0 Å². The first-order valence-corrected chi connectivity index (χ1v) is 12.1. The van der Waals surface area contributed by atoms with Crippen molar-refractivity contribution in [2.24, 2.45) is 0 Å². The van der Waals surface area contributed by atoms with Crippen molar-refractivity contribution in [1.29, 1.82) is 0 Å². The highest BCUT2D eigenvalue weighted by molar-refractivity contribution is 7.89. The molecule has 8 nitrogen and oxygen atoms in total. The molecule has 2 aromatic carbocycles. The highest BCUT2D eigenvalue weighted by atomic mass is 35.5. The number of nitrogens with one attached hydrogen (secondary N) is 1. The number of ketones is 1. The number of benzene rings is 2. The molecule has 0 aliphatic carbocycles. The lowest BCUT2D eigenvalue weighted by molar-refractivity contribution is -0.116. The van der Waals surface area contributed by atoms with Gasteiger partial charge in [0.25, 0.3) is 0 Å². The lowest BCUT2D eigenvalue weighted by Crippen LogP contribution is -2.28. The molecule has 1 N–H and O–H groups in total. The summed E-state index contributed by atoms with van der Waals surface area (Å²) in [6, 6.07) is 14.9. The van der Waals surface area contributed by atoms with Gasteiger partial charge in [-0.3, -0.25) is 9.59 Å². The molecule has 0 radical (unpaired) electrons. The Bertz CT molecular complexity index is 1220. The lowest BCUT2D eigenvalue weighted by atomic mass is 10.2. The quantitative estimate of drug-likeness (QED) is 0.437. The van der Waals surface area contributed by atoms with E-state index in [1.165, 1.54) is 42.5 Å². The predicted octanol–water partition coefficient (Wildman–Crippen LogP) is 3.83. The molecule has 0 atom stereocenters. The normalized spacial score (nSPS) is 11.5. The van der Waals surface area contributed by atoms with E-state index in [1.54, 1.807) is 29.1 Å². The third kappa shape index (κ3) is 6.50. The number of carbonyl (C=O) groups is 2. The number of amides is 1. The predicted molar refractivity (Wildman–Crippen MR) is 127 cm³/mol. The number of halogens is 1. The van der Waals surface area contributed by atoms with Gasteiger partial charge in [-0.2, -0.15) is 5.10 Å². The minimum Gasteiger partial charge on any atom is -0.311 e. The molecule has 0 saturated carbocycles. The van der Waals surface area contributed by atoms with Crippen molar-refractivity contribution >= 4 is 39.1 Å². The Morgan fingerprint density at radius 2 is 1.73 bits per heavy atom. The van der Waals surface area contributed by atoms with E-state index < -0.39 is 10.0 Å². The zero-order valence-electron chi connectivity index (χ0n) is 18.4. The van der Waals surface area contributed by atoms with Crippen LogP contribution in [0.3, 0.4) is 0 Å². The molecule has 1 amide bonds. The maximum atomic E-state index is 12.7. The average Bonchev–Trinajstić information content (AvgIpc) is 3.21. The van der Waals surface area contributed by atoms with E-state index in [0.717, 1.165) is 5.56 Å². The summed E-state index contributed by atoms with van der Waals surface area (Å²) in [4.78, 5) is 23.9. The van der Waals surface area contributed by atoms with Gasteiger partial charge in [0.1, 0.15) is 5.82 Å². The SMILES string of the molecule is CC(=O)c1ccc(S(=O)(=O)N(C)CCCC(=O)Nc2ccnn2Cc2ccc(Cl)cc2)cc1. The Kier molecular flexibility index (Phi) is 8.01. The highest BCUT2D eigenvalue weighted by Gasteiger charge is 2.21. The second-order valence-electron chi connectivity index (χ2n) is 7.56. The molecule has 174 valence electrons. The van der Waals surface area contributed by atoms with Crippen LogP contribution in [0.25, 0.3) is 0 Å². The number of aromatic nitrogens is 2. The van der Waals surface area contributed by atoms with Crippen LogP contribution in [0.15, 0.2) is 65.7 Å². The molecule has 0 aliphatic rings. The first-order valence-electron chi connectivity index (χ1n) is 10.3. The van der Waals surface area contributed by atoms with Crippen LogP contribution in [0.2, 0.25) is 5.02 Å². The van der Waals surface area contributed by atoms with Crippen molar-refractivity contribution in [2.75, 3.05) is 18.9 Å². The molecule has 0 bridgehead atoms. The topological polar surface area (TPSA) is 101 Å². The zero-order valence-corrected chi connectivity index (χ0v) is 19.9. The van der Waals surface area contributed by atoms with Crippen molar-refractivity contribution in [1.82, 2.24) is 14.1 Å². The van der Waals surface area contributed by atoms with Gasteiger partial charge < -0.3 is 5.32 Å². The van der Waals surface area contributed by atoms with E-state index in [2.05, 4.69) is 10.4 Å². The summed E-state index contributed by atoms with van der Waals surface area (Å²) in [7, 11) is -2.24. The summed E-state index contributed by atoms with van der Waals surface area (Å²) in [5.41, 5.74) is 1.44. The third-order valence-corrected chi connectivity index (χ3v) is 7.20. The number of hydrogen-bond donors (Lipinski definition) is 1. The molecule has 1 aromatic heterocycles. The van der Waals surface area contributed by atoms with Crippen LogP contribution in [0.5, 0.6) is 0 Å². The van der Waals surface area contributed by atoms with Crippen LogP contribution in [-0.4, -0.2) is 47.8 Å². The Balaban J connectivity index is 1.52. The van der Waals surface area contributed by atoms with Crippen molar-refractivity contribution in [3.8, 4) is 0 Å². The fourth-order valence-electron chi connectivity index (χ4n) is 3.16. The van der Waals surface area contributed by atoms with E-state index in [9.17, 15) is 18.0 Å². The maximum absolute atomic E-state index is 12.7. The number of rotatable bonds is 10. The van der Waals surface area contributed by atoms with Gasteiger partial charge in [-0.1, -0.05) is 35.9 Å². The van der Waals surface area contributed by atoms with Crippen LogP contribution in [0, 0.1) is 0 Å². The van der Waals surface area contributed by atoms with Gasteiger partial charge in [-0.05, 0) is 43.2 Å². The summed E-state index contributed by atoms with van der Waals surface area (Å²) >= 11 is 5.91. The number of carbonyl (C=O) groups excluding carboxylic acids is 2. The van der Waals surface area contributed by atoms with Crippen LogP contribution < -0.4 is 5.32 Å². The van der Waals surface area contributed by atoms with E-state index in [4.69, 9.17) is 11.6 Å². The Hall–Kier alpha value is -3.01. The first-order chi connectivity index (χ1) is 15.7. The molecule has 33 heavy (non-hydrogen) atoms. The Morgan fingerprint density at radius 3 is 2.36 bits per heavy atom. The monoisotopic (exact) mass is 488 g/mol.